The van der Waals surface area contributed by atoms with Crippen LogP contribution >= 0.6 is 0 Å². The maximum atomic E-state index is 7.13. The monoisotopic (exact) mass is 281 g/mol. The first-order valence-corrected chi connectivity index (χ1v) is 4.49. The van der Waals surface area contributed by atoms with E-state index in [1.54, 1.807) is 6.20 Å². The van der Waals surface area contributed by atoms with Crippen LogP contribution in [0.15, 0.2) is 24.5 Å². The average Bonchev–Trinajstić information content (AvgIpc) is 2.21. The van der Waals surface area contributed by atoms with E-state index in [4.69, 9.17) is 10.5 Å². The third-order valence-corrected chi connectivity index (χ3v) is 1.13. The third kappa shape index (κ3) is 19.5. The fourth-order valence-corrected chi connectivity index (χ4v) is 0.607. The molecule has 0 amide bonds. The predicted octanol–water partition coefficient (Wildman–Crippen LogP) is 1.67. The van der Waals surface area contributed by atoms with E-state index < -0.39 is 0 Å². The third-order valence-electron chi connectivity index (χ3n) is 1.13. The van der Waals surface area contributed by atoms with Crippen LogP contribution in [0, 0.1) is 21.3 Å². The normalized spacial score (nSPS) is 5.80. The molecule has 0 N–H and O–H groups in total. The minimum absolute atomic E-state index is 0. The van der Waals surface area contributed by atoms with Gasteiger partial charge < -0.3 is 25.3 Å². The predicted molar refractivity (Wildman–Crippen MR) is 59.6 cm³/mol. The van der Waals surface area contributed by atoms with Crippen LogP contribution < -0.4 is 0 Å². The van der Waals surface area contributed by atoms with Gasteiger partial charge in [-0.15, -0.1) is 0 Å². The van der Waals surface area contributed by atoms with E-state index in [0.717, 1.165) is 6.42 Å². The maximum absolute atomic E-state index is 7.13. The van der Waals surface area contributed by atoms with Crippen molar-refractivity contribution in [2.24, 2.45) is 0 Å². The van der Waals surface area contributed by atoms with Crippen molar-refractivity contribution in [2.75, 3.05) is 0 Å². The van der Waals surface area contributed by atoms with E-state index in [-0.39, 0.29) is 16.5 Å². The largest absolute Gasteiger partial charge is 2.00 e. The van der Waals surface area contributed by atoms with Gasteiger partial charge in [0.05, 0.1) is 0 Å². The van der Waals surface area contributed by atoms with Gasteiger partial charge in [-0.3, -0.25) is 4.98 Å². The van der Waals surface area contributed by atoms with Gasteiger partial charge in [0.2, 0.25) is 0 Å². The zero-order chi connectivity index (χ0) is 11.2. The Kier molecular flexibility index (Phi) is 24.5. The molecule has 82 valence electrons. The Hall–Kier alpha value is -0.936. The molecule has 0 spiro atoms. The van der Waals surface area contributed by atoms with Crippen LogP contribution in [0.2, 0.25) is 0 Å². The minimum Gasteiger partial charge on any atom is -0.696 e. The standard InChI is InChI=1S/C7H9N.2CHNS.Ni/c1-2-7-4-3-5-8-6-7;2*2-1-3;/h3-6H,2H2,1H3;2*3H;/q;;;+2/p-2. The molecule has 0 bridgehead atoms. The topological polar surface area (TPSA) is 60.5 Å². The number of nitrogens with zero attached hydrogens (tertiary/aromatic N) is 3. The molecule has 3 nitrogen and oxygen atoms in total. The second-order valence-corrected chi connectivity index (χ2v) is 2.26. The number of hydrogen-bond acceptors (Lipinski definition) is 5. The van der Waals surface area contributed by atoms with Gasteiger partial charge >= 0.3 is 16.5 Å². The number of nitriles is 2. The molecular formula is C9H9N3NiS2. The Labute approximate surface area is 111 Å². The average molecular weight is 282 g/mol. The summed E-state index contributed by atoms with van der Waals surface area (Å²) in [4.78, 5) is 3.96. The zero-order valence-electron chi connectivity index (χ0n) is 7.99. The first-order chi connectivity index (χ1) is 6.76. The molecule has 1 heterocycles. The van der Waals surface area contributed by atoms with Crippen molar-refractivity contribution < 1.29 is 16.5 Å². The summed E-state index contributed by atoms with van der Waals surface area (Å²) in [5.41, 5.74) is 1.30. The Balaban J connectivity index is -0.000000177. The summed E-state index contributed by atoms with van der Waals surface area (Å²) in [5, 5.41) is 16.9. The summed E-state index contributed by atoms with van der Waals surface area (Å²) in [7, 11) is 0. The summed E-state index contributed by atoms with van der Waals surface area (Å²) in [6.45, 7) is 2.12. The van der Waals surface area contributed by atoms with Crippen LogP contribution in [-0.4, -0.2) is 4.98 Å². The molecule has 0 radical (unpaired) electrons. The smallest absolute Gasteiger partial charge is 0.696 e. The van der Waals surface area contributed by atoms with Crippen LogP contribution in [0.1, 0.15) is 12.5 Å². The SMILES string of the molecule is CCc1cccnc1.N#C[S-].N#C[S-].[Ni+2]. The van der Waals surface area contributed by atoms with Crippen molar-refractivity contribution in [3.63, 3.8) is 0 Å². The number of pyridine rings is 1. The molecule has 0 aliphatic heterocycles. The molecule has 0 aromatic carbocycles. The summed E-state index contributed by atoms with van der Waals surface area (Å²) in [6, 6.07) is 4.03. The van der Waals surface area contributed by atoms with Crippen molar-refractivity contribution in [1.29, 1.82) is 10.5 Å². The van der Waals surface area contributed by atoms with Crippen LogP contribution in [0.3, 0.4) is 0 Å². The number of thiocyanates is 2. The second-order valence-electron chi connectivity index (χ2n) is 1.90. The zero-order valence-corrected chi connectivity index (χ0v) is 10.6. The van der Waals surface area contributed by atoms with Crippen LogP contribution in [0.5, 0.6) is 0 Å². The van der Waals surface area contributed by atoms with Crippen molar-refractivity contribution in [3.05, 3.63) is 30.1 Å². The number of aromatic nitrogens is 1. The molecule has 1 aromatic rings. The summed E-state index contributed by atoms with van der Waals surface area (Å²) in [5.74, 6) is 0. The number of hydrogen-bond donors (Lipinski definition) is 0. The Morgan fingerprint density at radius 1 is 1.33 bits per heavy atom. The van der Waals surface area contributed by atoms with E-state index in [0.29, 0.717) is 0 Å². The van der Waals surface area contributed by atoms with Crippen molar-refractivity contribution in [2.45, 2.75) is 13.3 Å². The Morgan fingerprint density at radius 3 is 2.00 bits per heavy atom. The van der Waals surface area contributed by atoms with Crippen LogP contribution in [-0.2, 0) is 48.2 Å². The fourth-order valence-electron chi connectivity index (χ4n) is 0.607. The molecule has 0 atom stereocenters. The van der Waals surface area contributed by atoms with Gasteiger partial charge in [-0.2, -0.15) is 0 Å². The first kappa shape index (κ1) is 19.6. The van der Waals surface area contributed by atoms with Gasteiger partial charge in [0.25, 0.3) is 0 Å². The van der Waals surface area contributed by atoms with Gasteiger partial charge in [0.15, 0.2) is 0 Å². The van der Waals surface area contributed by atoms with Crippen LogP contribution in [0.25, 0.3) is 0 Å². The summed E-state index contributed by atoms with van der Waals surface area (Å²) >= 11 is 7.40. The van der Waals surface area contributed by atoms with Crippen molar-refractivity contribution in [3.8, 4) is 10.8 Å². The Morgan fingerprint density at radius 2 is 1.80 bits per heavy atom. The number of aryl methyl sites for hydroxylation is 1. The molecule has 15 heavy (non-hydrogen) atoms. The molecule has 0 unspecified atom stereocenters. The number of rotatable bonds is 1. The molecule has 0 saturated heterocycles. The maximum Gasteiger partial charge on any atom is 2.00 e. The van der Waals surface area contributed by atoms with E-state index in [1.165, 1.54) is 16.4 Å². The Bertz CT molecular complexity index is 280. The molecule has 0 aliphatic rings. The van der Waals surface area contributed by atoms with Crippen molar-refractivity contribution >= 4 is 25.3 Å². The molecule has 1 rings (SSSR count). The molecule has 1 aromatic heterocycles. The second kappa shape index (κ2) is 18.8. The molecule has 0 fully saturated rings. The van der Waals surface area contributed by atoms with E-state index in [2.05, 4.69) is 43.2 Å². The molecule has 0 aliphatic carbocycles. The van der Waals surface area contributed by atoms with Gasteiger partial charge in [-0.1, -0.05) is 23.8 Å². The van der Waals surface area contributed by atoms with Gasteiger partial charge in [-0.05, 0) is 18.1 Å². The van der Waals surface area contributed by atoms with E-state index >= 15 is 0 Å². The molecule has 6 heteroatoms. The van der Waals surface area contributed by atoms with E-state index in [1.807, 2.05) is 12.3 Å². The summed E-state index contributed by atoms with van der Waals surface area (Å²) < 4.78 is 0. The molecular weight excluding hydrogens is 273 g/mol. The van der Waals surface area contributed by atoms with Gasteiger partial charge in [0, 0.05) is 12.4 Å². The fraction of sp³-hybridized carbons (Fsp3) is 0.222. The van der Waals surface area contributed by atoms with Gasteiger partial charge in [0.1, 0.15) is 0 Å². The van der Waals surface area contributed by atoms with E-state index in [9.17, 15) is 0 Å². The summed E-state index contributed by atoms with van der Waals surface area (Å²) in [6.07, 6.45) is 4.76. The van der Waals surface area contributed by atoms with Crippen molar-refractivity contribution in [1.82, 2.24) is 4.98 Å². The molecule has 0 saturated carbocycles. The van der Waals surface area contributed by atoms with Gasteiger partial charge in [-0.25, -0.2) is 10.5 Å². The first-order valence-electron chi connectivity index (χ1n) is 3.68. The quantitative estimate of drug-likeness (QED) is 0.445. The van der Waals surface area contributed by atoms with Crippen LogP contribution in [0.4, 0.5) is 0 Å². The minimum atomic E-state index is 0.